The summed E-state index contributed by atoms with van der Waals surface area (Å²) in [5.74, 6) is 0.697. The Balaban J connectivity index is 1.84. The van der Waals surface area contributed by atoms with Crippen molar-refractivity contribution in [1.29, 1.82) is 0 Å². The third-order valence-corrected chi connectivity index (χ3v) is 6.57. The fraction of sp³-hybridized carbons (Fsp3) is 0.375. The van der Waals surface area contributed by atoms with Crippen LogP contribution in [0.5, 0.6) is 6.01 Å². The van der Waals surface area contributed by atoms with Gasteiger partial charge in [0.2, 0.25) is 0 Å². The normalized spacial score (nSPS) is 16.8. The molecule has 0 spiro atoms. The molecule has 7 nitrogen and oxygen atoms in total. The number of hydrogen-bond acceptors (Lipinski definition) is 5. The number of carbonyl (C=O) groups is 1. The number of nitrogens with zero attached hydrogens (tertiary/aromatic N) is 4. The molecular formula is C24H26Cl2N4O3. The van der Waals surface area contributed by atoms with E-state index in [2.05, 4.69) is 14.9 Å². The lowest BCUT2D eigenvalue weighted by atomic mass is 9.84. The molecule has 1 amide bonds. The molecule has 1 fully saturated rings. The molecule has 0 bridgehead atoms. The second-order valence-electron chi connectivity index (χ2n) is 9.19. The highest BCUT2D eigenvalue weighted by atomic mass is 35.5. The smallest absolute Gasteiger partial charge is 0.407 e. The Labute approximate surface area is 202 Å². The van der Waals surface area contributed by atoms with Crippen molar-refractivity contribution in [2.45, 2.75) is 26.8 Å². The number of carboxylic acid groups (broad SMARTS) is 1. The van der Waals surface area contributed by atoms with E-state index in [0.29, 0.717) is 41.0 Å². The summed E-state index contributed by atoms with van der Waals surface area (Å²) in [6, 6.07) is 11.3. The fourth-order valence-electron chi connectivity index (χ4n) is 4.24. The summed E-state index contributed by atoms with van der Waals surface area (Å²) in [7, 11) is 1.52. The molecule has 0 radical (unpaired) electrons. The van der Waals surface area contributed by atoms with Gasteiger partial charge >= 0.3 is 12.1 Å². The van der Waals surface area contributed by atoms with E-state index >= 15 is 0 Å². The molecule has 0 saturated carbocycles. The van der Waals surface area contributed by atoms with Crippen molar-refractivity contribution in [3.05, 3.63) is 46.4 Å². The summed E-state index contributed by atoms with van der Waals surface area (Å²) in [4.78, 5) is 24.7. The zero-order valence-electron chi connectivity index (χ0n) is 19.0. The number of hydrogen-bond donors (Lipinski definition) is 1. The molecule has 1 atom stereocenters. The first-order valence-electron chi connectivity index (χ1n) is 10.6. The van der Waals surface area contributed by atoms with Gasteiger partial charge in [-0.15, -0.1) is 0 Å². The zero-order valence-corrected chi connectivity index (χ0v) is 20.5. The average Bonchev–Trinajstić information content (AvgIpc) is 2.77. The summed E-state index contributed by atoms with van der Waals surface area (Å²) in [5, 5.41) is 11.8. The SMILES string of the molecule is COc1nc(N2CCN(C(=O)O)C(C(C)(C)C)C2)c2cc(-c3ccc(Cl)cc3)c(Cl)cc2n1. The van der Waals surface area contributed by atoms with E-state index in [-0.39, 0.29) is 17.5 Å². The maximum atomic E-state index is 11.9. The number of ether oxygens (including phenoxy) is 1. The summed E-state index contributed by atoms with van der Waals surface area (Å²) in [5.41, 5.74) is 2.18. The van der Waals surface area contributed by atoms with Crippen LogP contribution in [-0.4, -0.2) is 58.9 Å². The van der Waals surface area contributed by atoms with Gasteiger partial charge in [-0.05, 0) is 35.2 Å². The molecule has 9 heteroatoms. The van der Waals surface area contributed by atoms with Crippen molar-refractivity contribution in [3.63, 3.8) is 0 Å². The molecule has 0 aliphatic carbocycles. The van der Waals surface area contributed by atoms with E-state index in [1.54, 1.807) is 0 Å². The molecule has 2 heterocycles. The second-order valence-corrected chi connectivity index (χ2v) is 10.0. The molecule has 1 unspecified atom stereocenters. The Hall–Kier alpha value is -2.77. The number of halogens is 2. The van der Waals surface area contributed by atoms with Crippen LogP contribution in [0.4, 0.5) is 10.6 Å². The van der Waals surface area contributed by atoms with Gasteiger partial charge in [0, 0.05) is 35.6 Å². The fourth-order valence-corrected chi connectivity index (χ4v) is 4.63. The number of amides is 1. The van der Waals surface area contributed by atoms with E-state index in [9.17, 15) is 9.90 Å². The lowest BCUT2D eigenvalue weighted by molar-refractivity contribution is 0.0747. The van der Waals surface area contributed by atoms with Gasteiger partial charge in [-0.2, -0.15) is 9.97 Å². The maximum Gasteiger partial charge on any atom is 0.407 e. The number of anilines is 1. The monoisotopic (exact) mass is 488 g/mol. The quantitative estimate of drug-likeness (QED) is 0.499. The Morgan fingerprint density at radius 2 is 1.82 bits per heavy atom. The minimum atomic E-state index is -0.906. The van der Waals surface area contributed by atoms with Crippen LogP contribution < -0.4 is 9.64 Å². The summed E-state index contributed by atoms with van der Waals surface area (Å²) >= 11 is 12.7. The topological polar surface area (TPSA) is 78.8 Å². The molecule has 3 aromatic rings. The molecular weight excluding hydrogens is 463 g/mol. The van der Waals surface area contributed by atoms with Crippen molar-refractivity contribution >= 4 is 46.0 Å². The largest absolute Gasteiger partial charge is 0.467 e. The number of piperazine rings is 1. The number of rotatable bonds is 3. The maximum absolute atomic E-state index is 11.9. The molecule has 4 rings (SSSR count). The van der Waals surface area contributed by atoms with Gasteiger partial charge in [-0.3, -0.25) is 0 Å². The third-order valence-electron chi connectivity index (χ3n) is 6.01. The first-order valence-corrected chi connectivity index (χ1v) is 11.4. The molecule has 1 N–H and O–H groups in total. The minimum absolute atomic E-state index is 0.206. The Morgan fingerprint density at radius 3 is 2.42 bits per heavy atom. The van der Waals surface area contributed by atoms with Crippen molar-refractivity contribution < 1.29 is 14.6 Å². The minimum Gasteiger partial charge on any atom is -0.467 e. The van der Waals surface area contributed by atoms with Crippen LogP contribution in [0.1, 0.15) is 20.8 Å². The first-order chi connectivity index (χ1) is 15.6. The highest BCUT2D eigenvalue weighted by Gasteiger charge is 2.39. The van der Waals surface area contributed by atoms with Crippen molar-refractivity contribution in [2.24, 2.45) is 5.41 Å². The summed E-state index contributed by atoms with van der Waals surface area (Å²) in [6.45, 7) is 7.54. The van der Waals surface area contributed by atoms with Gasteiger partial charge in [0.1, 0.15) is 5.82 Å². The predicted molar refractivity (Wildman–Crippen MR) is 132 cm³/mol. The second kappa shape index (κ2) is 8.88. The standard InChI is InChI=1S/C24H26Cl2N4O3/c1-24(2,3)20-13-29(9-10-30(20)23(31)32)21-17-11-16(14-5-7-15(25)8-6-14)18(26)12-19(17)27-22(28-21)33-4/h5-8,11-12,20H,9-10,13H2,1-4H3,(H,31,32). The van der Waals surface area contributed by atoms with Crippen LogP contribution in [0, 0.1) is 5.41 Å². The van der Waals surface area contributed by atoms with E-state index < -0.39 is 6.09 Å². The van der Waals surface area contributed by atoms with E-state index in [4.69, 9.17) is 27.9 Å². The van der Waals surface area contributed by atoms with Crippen molar-refractivity contribution in [2.75, 3.05) is 31.6 Å². The van der Waals surface area contributed by atoms with E-state index in [1.807, 2.05) is 57.2 Å². The average molecular weight is 489 g/mol. The Bertz CT molecular complexity index is 1200. The third kappa shape index (κ3) is 4.66. The summed E-state index contributed by atoms with van der Waals surface area (Å²) in [6.07, 6.45) is -0.906. The predicted octanol–water partition coefficient (Wildman–Crippen LogP) is 5.83. The molecule has 1 saturated heterocycles. The van der Waals surface area contributed by atoms with E-state index in [0.717, 1.165) is 16.5 Å². The Morgan fingerprint density at radius 1 is 1.12 bits per heavy atom. The van der Waals surface area contributed by atoms with Crippen LogP contribution in [0.25, 0.3) is 22.0 Å². The van der Waals surface area contributed by atoms with Gasteiger partial charge in [-0.25, -0.2) is 4.79 Å². The molecule has 1 aliphatic rings. The Kier molecular flexibility index (Phi) is 6.29. The van der Waals surface area contributed by atoms with Gasteiger partial charge in [0.25, 0.3) is 0 Å². The molecule has 174 valence electrons. The van der Waals surface area contributed by atoms with Crippen molar-refractivity contribution in [1.82, 2.24) is 14.9 Å². The van der Waals surface area contributed by atoms with Gasteiger partial charge in [-0.1, -0.05) is 56.1 Å². The molecule has 1 aromatic heterocycles. The number of aromatic nitrogens is 2. The lowest BCUT2D eigenvalue weighted by Crippen LogP contribution is -2.59. The van der Waals surface area contributed by atoms with Gasteiger partial charge < -0.3 is 19.6 Å². The highest BCUT2D eigenvalue weighted by molar-refractivity contribution is 6.34. The van der Waals surface area contributed by atoms with E-state index in [1.165, 1.54) is 12.0 Å². The van der Waals surface area contributed by atoms with Crippen LogP contribution in [0.3, 0.4) is 0 Å². The summed E-state index contributed by atoms with van der Waals surface area (Å²) < 4.78 is 5.36. The van der Waals surface area contributed by atoms with Crippen LogP contribution >= 0.6 is 23.2 Å². The van der Waals surface area contributed by atoms with Crippen LogP contribution in [0.15, 0.2) is 36.4 Å². The van der Waals surface area contributed by atoms with Crippen LogP contribution in [-0.2, 0) is 0 Å². The molecule has 33 heavy (non-hydrogen) atoms. The highest BCUT2D eigenvalue weighted by Crippen LogP contribution is 2.38. The lowest BCUT2D eigenvalue weighted by Gasteiger charge is -2.46. The van der Waals surface area contributed by atoms with Gasteiger partial charge in [0.15, 0.2) is 0 Å². The zero-order chi connectivity index (χ0) is 23.9. The molecule has 1 aliphatic heterocycles. The molecule has 2 aromatic carbocycles. The van der Waals surface area contributed by atoms with Gasteiger partial charge in [0.05, 0.1) is 23.7 Å². The number of benzene rings is 2. The van der Waals surface area contributed by atoms with Crippen molar-refractivity contribution in [3.8, 4) is 17.1 Å². The first kappa shape index (κ1) is 23.4. The van der Waals surface area contributed by atoms with Crippen LogP contribution in [0.2, 0.25) is 10.0 Å². The number of methoxy groups -OCH3 is 1. The number of fused-ring (bicyclic) bond motifs is 1.